The van der Waals surface area contributed by atoms with Gasteiger partial charge < -0.3 is 4.90 Å². The lowest BCUT2D eigenvalue weighted by atomic mass is 9.98. The maximum Gasteiger partial charge on any atom is 0.255 e. The van der Waals surface area contributed by atoms with E-state index >= 15 is 0 Å². The fourth-order valence-electron chi connectivity index (χ4n) is 2.04. The Morgan fingerprint density at radius 2 is 2.11 bits per heavy atom. The predicted octanol–water partition coefficient (Wildman–Crippen LogP) is 3.04. The second-order valence-electron chi connectivity index (χ2n) is 4.47. The molecular weight excluding hydrogens is 273 g/mol. The van der Waals surface area contributed by atoms with Gasteiger partial charge in [0.25, 0.3) is 5.91 Å². The van der Waals surface area contributed by atoms with Gasteiger partial charge in [-0.25, -0.2) is 0 Å². The molecule has 0 bridgehead atoms. The number of hydrogen-bond acceptors (Lipinski definition) is 2. The molecule has 18 heavy (non-hydrogen) atoms. The molecule has 1 aromatic rings. The molecule has 96 valence electrons. The van der Waals surface area contributed by atoms with Crippen LogP contribution in [0.2, 0.25) is 10.0 Å². The van der Waals surface area contributed by atoms with Crippen LogP contribution in [0.4, 0.5) is 0 Å². The van der Waals surface area contributed by atoms with E-state index in [1.807, 2.05) is 6.92 Å². The second kappa shape index (κ2) is 5.29. The Balaban J connectivity index is 2.22. The summed E-state index contributed by atoms with van der Waals surface area (Å²) in [6.07, 6.45) is 0.408. The average Bonchev–Trinajstić information content (AvgIpc) is 2.35. The quantitative estimate of drug-likeness (QED) is 0.795. The average molecular weight is 286 g/mol. The number of carbonyl (C=O) groups excluding carboxylic acids is 2. The second-order valence-corrected chi connectivity index (χ2v) is 5.26. The van der Waals surface area contributed by atoms with Crippen LogP contribution in [0.3, 0.4) is 0 Å². The maximum atomic E-state index is 12.3. The predicted molar refractivity (Wildman–Crippen MR) is 71.2 cm³/mol. The van der Waals surface area contributed by atoms with Gasteiger partial charge in [0.2, 0.25) is 0 Å². The smallest absolute Gasteiger partial charge is 0.255 e. The summed E-state index contributed by atoms with van der Waals surface area (Å²) in [4.78, 5) is 25.4. The molecule has 1 fully saturated rings. The fourth-order valence-corrected chi connectivity index (χ4v) is 2.42. The number of carbonyl (C=O) groups is 2. The standard InChI is InChI=1S/C13H13Cl2NO2/c1-8-7-16(6-5-11(8)17)13(18)9-3-2-4-10(14)12(9)15/h2-4,8H,5-7H2,1H3. The molecule has 1 aromatic carbocycles. The lowest BCUT2D eigenvalue weighted by Crippen LogP contribution is -2.43. The highest BCUT2D eigenvalue weighted by Crippen LogP contribution is 2.27. The van der Waals surface area contributed by atoms with Crippen LogP contribution in [0, 0.1) is 5.92 Å². The van der Waals surface area contributed by atoms with Gasteiger partial charge in [0.1, 0.15) is 5.78 Å². The number of nitrogens with zero attached hydrogens (tertiary/aromatic N) is 1. The van der Waals surface area contributed by atoms with Crippen molar-refractivity contribution >= 4 is 34.9 Å². The summed E-state index contributed by atoms with van der Waals surface area (Å²) in [6.45, 7) is 2.73. The van der Waals surface area contributed by atoms with Gasteiger partial charge in [-0.3, -0.25) is 9.59 Å². The number of likely N-dealkylation sites (tertiary alicyclic amines) is 1. The molecule has 5 heteroatoms. The minimum Gasteiger partial charge on any atom is -0.337 e. The summed E-state index contributed by atoms with van der Waals surface area (Å²) in [5.74, 6) is -0.0706. The van der Waals surface area contributed by atoms with Crippen LogP contribution >= 0.6 is 23.2 Å². The number of ketones is 1. The Kier molecular flexibility index (Phi) is 3.93. The first-order chi connectivity index (χ1) is 8.50. The molecule has 1 aliphatic heterocycles. The summed E-state index contributed by atoms with van der Waals surface area (Å²) < 4.78 is 0. The van der Waals surface area contributed by atoms with Crippen molar-refractivity contribution < 1.29 is 9.59 Å². The third kappa shape index (κ3) is 2.52. The minimum absolute atomic E-state index is 0.111. The molecule has 0 aromatic heterocycles. The van der Waals surface area contributed by atoms with Gasteiger partial charge in [0.05, 0.1) is 15.6 Å². The summed E-state index contributed by atoms with van der Waals surface area (Å²) in [6, 6.07) is 4.99. The van der Waals surface area contributed by atoms with Gasteiger partial charge in [-0.1, -0.05) is 36.2 Å². The minimum atomic E-state index is -0.165. The van der Waals surface area contributed by atoms with Crippen LogP contribution in [0.15, 0.2) is 18.2 Å². The summed E-state index contributed by atoms with van der Waals surface area (Å²) >= 11 is 11.9. The number of piperidine rings is 1. The van der Waals surface area contributed by atoms with E-state index < -0.39 is 0 Å². The van der Waals surface area contributed by atoms with E-state index in [1.54, 1.807) is 23.1 Å². The van der Waals surface area contributed by atoms with E-state index in [4.69, 9.17) is 23.2 Å². The number of Topliss-reactive ketones (excluding diaryl/α,β-unsaturated/α-hetero) is 1. The highest BCUT2D eigenvalue weighted by molar-refractivity contribution is 6.43. The van der Waals surface area contributed by atoms with Crippen LogP contribution in [0.25, 0.3) is 0 Å². The highest BCUT2D eigenvalue weighted by Gasteiger charge is 2.28. The third-order valence-corrected chi connectivity index (χ3v) is 3.96. The number of amides is 1. The zero-order chi connectivity index (χ0) is 13.3. The van der Waals surface area contributed by atoms with Crippen LogP contribution < -0.4 is 0 Å². The highest BCUT2D eigenvalue weighted by atomic mass is 35.5. The molecule has 2 rings (SSSR count). The number of rotatable bonds is 1. The zero-order valence-electron chi connectivity index (χ0n) is 9.95. The first-order valence-corrected chi connectivity index (χ1v) is 6.52. The van der Waals surface area contributed by atoms with Crippen LogP contribution in [0.1, 0.15) is 23.7 Å². The van der Waals surface area contributed by atoms with E-state index in [-0.39, 0.29) is 22.6 Å². The zero-order valence-corrected chi connectivity index (χ0v) is 11.5. The fraction of sp³-hybridized carbons (Fsp3) is 0.385. The molecule has 3 nitrogen and oxygen atoms in total. The molecule has 1 aliphatic rings. The van der Waals surface area contributed by atoms with Gasteiger partial charge >= 0.3 is 0 Å². The Labute approximate surface area is 116 Å². The van der Waals surface area contributed by atoms with Crippen LogP contribution in [0.5, 0.6) is 0 Å². The van der Waals surface area contributed by atoms with Crippen molar-refractivity contribution in [2.75, 3.05) is 13.1 Å². The summed E-state index contributed by atoms with van der Waals surface area (Å²) in [7, 11) is 0. The summed E-state index contributed by atoms with van der Waals surface area (Å²) in [5, 5.41) is 0.636. The van der Waals surface area contributed by atoms with Crippen molar-refractivity contribution in [2.24, 2.45) is 5.92 Å². The number of hydrogen-bond donors (Lipinski definition) is 0. The van der Waals surface area contributed by atoms with E-state index in [0.29, 0.717) is 30.1 Å². The SMILES string of the molecule is CC1CN(C(=O)c2cccc(Cl)c2Cl)CCC1=O. The maximum absolute atomic E-state index is 12.3. The van der Waals surface area contributed by atoms with Crippen molar-refractivity contribution in [3.63, 3.8) is 0 Å². The monoisotopic (exact) mass is 285 g/mol. The van der Waals surface area contributed by atoms with E-state index in [2.05, 4.69) is 0 Å². The molecule has 1 unspecified atom stereocenters. The van der Waals surface area contributed by atoms with Crippen molar-refractivity contribution in [3.05, 3.63) is 33.8 Å². The molecule has 1 heterocycles. The lowest BCUT2D eigenvalue weighted by molar-refractivity contribution is -0.124. The molecule has 0 saturated carbocycles. The van der Waals surface area contributed by atoms with Gasteiger partial charge in [-0.2, -0.15) is 0 Å². The van der Waals surface area contributed by atoms with Gasteiger partial charge in [-0.05, 0) is 12.1 Å². The Morgan fingerprint density at radius 3 is 2.78 bits per heavy atom. The van der Waals surface area contributed by atoms with Crippen molar-refractivity contribution in [3.8, 4) is 0 Å². The molecular formula is C13H13Cl2NO2. The van der Waals surface area contributed by atoms with Crippen molar-refractivity contribution in [2.45, 2.75) is 13.3 Å². The van der Waals surface area contributed by atoms with Crippen LogP contribution in [-0.2, 0) is 4.79 Å². The first-order valence-electron chi connectivity index (χ1n) is 5.76. The van der Waals surface area contributed by atoms with Gasteiger partial charge in [0, 0.05) is 25.4 Å². The van der Waals surface area contributed by atoms with Crippen molar-refractivity contribution in [1.82, 2.24) is 4.90 Å². The largest absolute Gasteiger partial charge is 0.337 e. The molecule has 0 spiro atoms. The molecule has 0 radical (unpaired) electrons. The number of benzene rings is 1. The van der Waals surface area contributed by atoms with E-state index in [0.717, 1.165) is 0 Å². The van der Waals surface area contributed by atoms with Crippen molar-refractivity contribution in [1.29, 1.82) is 0 Å². The molecule has 0 aliphatic carbocycles. The third-order valence-electron chi connectivity index (χ3n) is 3.14. The lowest BCUT2D eigenvalue weighted by Gasteiger charge is -2.30. The summed E-state index contributed by atoms with van der Waals surface area (Å²) in [5.41, 5.74) is 0.394. The van der Waals surface area contributed by atoms with Gasteiger partial charge in [0.15, 0.2) is 0 Å². The first kappa shape index (κ1) is 13.4. The molecule has 1 atom stereocenters. The topological polar surface area (TPSA) is 37.4 Å². The van der Waals surface area contributed by atoms with E-state index in [1.165, 1.54) is 0 Å². The van der Waals surface area contributed by atoms with Gasteiger partial charge in [-0.15, -0.1) is 0 Å². The van der Waals surface area contributed by atoms with E-state index in [9.17, 15) is 9.59 Å². The molecule has 0 N–H and O–H groups in total. The number of halogens is 2. The normalized spacial score (nSPS) is 20.1. The Bertz CT molecular complexity index is 502. The van der Waals surface area contributed by atoms with Crippen LogP contribution in [-0.4, -0.2) is 29.7 Å². The molecule has 1 saturated heterocycles. The molecule has 1 amide bonds. The Morgan fingerprint density at radius 1 is 1.39 bits per heavy atom. The Hall–Kier alpha value is -1.06.